The number of benzene rings is 3. The van der Waals surface area contributed by atoms with Crippen molar-refractivity contribution in [1.29, 1.82) is 0 Å². The SMILES string of the molecule is CCN(c1ccccc1-c1ccccc1)S(=O)(=O)c1ccc(NC(C)=O)cc1. The third kappa shape index (κ3) is 4.07. The lowest BCUT2D eigenvalue weighted by Gasteiger charge is -2.25. The Balaban J connectivity index is 2.03. The summed E-state index contributed by atoms with van der Waals surface area (Å²) < 4.78 is 28.0. The monoisotopic (exact) mass is 394 g/mol. The molecule has 0 aliphatic rings. The van der Waals surface area contributed by atoms with E-state index in [-0.39, 0.29) is 10.8 Å². The number of nitrogens with zero attached hydrogens (tertiary/aromatic N) is 1. The number of hydrogen-bond donors (Lipinski definition) is 1. The highest BCUT2D eigenvalue weighted by Gasteiger charge is 2.25. The molecule has 0 saturated heterocycles. The van der Waals surface area contributed by atoms with Crippen LogP contribution in [0.2, 0.25) is 0 Å². The van der Waals surface area contributed by atoms with E-state index in [0.717, 1.165) is 11.1 Å². The Morgan fingerprint density at radius 1 is 0.893 bits per heavy atom. The van der Waals surface area contributed by atoms with Crippen molar-refractivity contribution in [2.75, 3.05) is 16.2 Å². The summed E-state index contributed by atoms with van der Waals surface area (Å²) in [4.78, 5) is 11.3. The van der Waals surface area contributed by atoms with E-state index in [9.17, 15) is 13.2 Å². The number of carbonyl (C=O) groups is 1. The Morgan fingerprint density at radius 2 is 1.50 bits per heavy atom. The number of amides is 1. The maximum absolute atomic E-state index is 13.3. The molecule has 3 aromatic carbocycles. The summed E-state index contributed by atoms with van der Waals surface area (Å²) >= 11 is 0. The highest BCUT2D eigenvalue weighted by Crippen LogP contribution is 2.34. The lowest BCUT2D eigenvalue weighted by atomic mass is 10.0. The Labute approximate surface area is 165 Å². The Morgan fingerprint density at radius 3 is 2.11 bits per heavy atom. The van der Waals surface area contributed by atoms with Gasteiger partial charge >= 0.3 is 0 Å². The fraction of sp³-hybridized carbons (Fsp3) is 0.136. The summed E-state index contributed by atoms with van der Waals surface area (Å²) in [7, 11) is -3.76. The number of nitrogens with one attached hydrogen (secondary N) is 1. The predicted octanol–water partition coefficient (Wildman–Crippen LogP) is 4.53. The van der Waals surface area contributed by atoms with Crippen LogP contribution in [0.25, 0.3) is 11.1 Å². The molecule has 0 spiro atoms. The molecule has 3 rings (SSSR count). The van der Waals surface area contributed by atoms with Crippen LogP contribution in [0, 0.1) is 0 Å². The largest absolute Gasteiger partial charge is 0.326 e. The van der Waals surface area contributed by atoms with Crippen LogP contribution in [-0.2, 0) is 14.8 Å². The van der Waals surface area contributed by atoms with Gasteiger partial charge in [0.15, 0.2) is 0 Å². The van der Waals surface area contributed by atoms with E-state index in [0.29, 0.717) is 17.9 Å². The number of anilines is 2. The summed E-state index contributed by atoms with van der Waals surface area (Å²) in [5.74, 6) is -0.206. The minimum atomic E-state index is -3.76. The minimum absolute atomic E-state index is 0.173. The number of hydrogen-bond acceptors (Lipinski definition) is 3. The van der Waals surface area contributed by atoms with Crippen molar-refractivity contribution in [3.05, 3.63) is 78.9 Å². The van der Waals surface area contributed by atoms with E-state index in [1.165, 1.54) is 23.4 Å². The average Bonchev–Trinajstić information content (AvgIpc) is 2.69. The molecule has 0 aliphatic carbocycles. The quantitative estimate of drug-likeness (QED) is 0.668. The zero-order valence-corrected chi connectivity index (χ0v) is 16.6. The van der Waals surface area contributed by atoms with Crippen LogP contribution in [0.5, 0.6) is 0 Å². The first-order valence-electron chi connectivity index (χ1n) is 8.98. The van der Waals surface area contributed by atoms with Gasteiger partial charge in [0.25, 0.3) is 10.0 Å². The van der Waals surface area contributed by atoms with Gasteiger partial charge in [-0.1, -0.05) is 48.5 Å². The molecule has 5 nitrogen and oxygen atoms in total. The summed E-state index contributed by atoms with van der Waals surface area (Å²) in [6.45, 7) is 3.51. The van der Waals surface area contributed by atoms with Crippen molar-refractivity contribution in [1.82, 2.24) is 0 Å². The number of sulfonamides is 1. The lowest BCUT2D eigenvalue weighted by molar-refractivity contribution is -0.114. The first kappa shape index (κ1) is 19.6. The molecule has 144 valence electrons. The zero-order chi connectivity index (χ0) is 20.1. The van der Waals surface area contributed by atoms with Gasteiger partial charge in [-0.15, -0.1) is 0 Å². The summed E-state index contributed by atoms with van der Waals surface area (Å²) in [6, 6.07) is 23.4. The van der Waals surface area contributed by atoms with Crippen molar-refractivity contribution in [2.45, 2.75) is 18.7 Å². The van der Waals surface area contributed by atoms with E-state index in [4.69, 9.17) is 0 Å². The van der Waals surface area contributed by atoms with E-state index in [2.05, 4.69) is 5.32 Å². The van der Waals surface area contributed by atoms with Gasteiger partial charge in [-0.2, -0.15) is 0 Å². The van der Waals surface area contributed by atoms with Gasteiger partial charge in [0.2, 0.25) is 5.91 Å². The molecule has 0 atom stereocenters. The molecule has 0 aromatic heterocycles. The molecular formula is C22H22N2O3S. The van der Waals surface area contributed by atoms with Gasteiger partial charge in [0, 0.05) is 24.7 Å². The van der Waals surface area contributed by atoms with Gasteiger partial charge in [-0.05, 0) is 42.8 Å². The van der Waals surface area contributed by atoms with Crippen LogP contribution in [0.4, 0.5) is 11.4 Å². The first-order chi connectivity index (χ1) is 13.4. The van der Waals surface area contributed by atoms with Crippen LogP contribution in [0.3, 0.4) is 0 Å². The summed E-state index contributed by atoms with van der Waals surface area (Å²) in [5.41, 5.74) is 2.98. The summed E-state index contributed by atoms with van der Waals surface area (Å²) in [6.07, 6.45) is 0. The van der Waals surface area contributed by atoms with Gasteiger partial charge in [0.05, 0.1) is 10.6 Å². The molecule has 0 unspecified atom stereocenters. The van der Waals surface area contributed by atoms with Crippen molar-refractivity contribution in [3.8, 4) is 11.1 Å². The predicted molar refractivity (Wildman–Crippen MR) is 113 cm³/mol. The normalized spacial score (nSPS) is 11.1. The Kier molecular flexibility index (Phi) is 5.80. The van der Waals surface area contributed by atoms with Gasteiger partial charge in [-0.25, -0.2) is 8.42 Å². The van der Waals surface area contributed by atoms with Crippen molar-refractivity contribution in [2.24, 2.45) is 0 Å². The molecule has 3 aromatic rings. The third-order valence-electron chi connectivity index (χ3n) is 4.31. The molecular weight excluding hydrogens is 372 g/mol. The molecule has 0 aliphatic heterocycles. The molecule has 6 heteroatoms. The molecule has 1 N–H and O–H groups in total. The molecule has 1 amide bonds. The highest BCUT2D eigenvalue weighted by atomic mass is 32.2. The third-order valence-corrected chi connectivity index (χ3v) is 6.21. The van der Waals surface area contributed by atoms with Crippen molar-refractivity contribution >= 4 is 27.3 Å². The fourth-order valence-electron chi connectivity index (χ4n) is 3.06. The molecule has 0 fully saturated rings. The second-order valence-electron chi connectivity index (χ2n) is 6.26. The van der Waals surface area contributed by atoms with Crippen LogP contribution in [-0.4, -0.2) is 20.9 Å². The molecule has 0 saturated carbocycles. The summed E-state index contributed by atoms with van der Waals surface area (Å²) in [5, 5.41) is 2.64. The van der Waals surface area contributed by atoms with E-state index in [1.807, 2.05) is 61.5 Å². The molecule has 0 heterocycles. The lowest BCUT2D eigenvalue weighted by Crippen LogP contribution is -2.31. The molecule has 0 radical (unpaired) electrons. The van der Waals surface area contributed by atoms with Crippen LogP contribution < -0.4 is 9.62 Å². The van der Waals surface area contributed by atoms with E-state index < -0.39 is 10.0 Å². The number of para-hydroxylation sites is 1. The first-order valence-corrected chi connectivity index (χ1v) is 10.4. The molecule has 0 bridgehead atoms. The van der Waals surface area contributed by atoms with E-state index in [1.54, 1.807) is 12.1 Å². The van der Waals surface area contributed by atoms with Crippen molar-refractivity contribution < 1.29 is 13.2 Å². The van der Waals surface area contributed by atoms with Crippen LogP contribution in [0.1, 0.15) is 13.8 Å². The highest BCUT2D eigenvalue weighted by molar-refractivity contribution is 7.92. The zero-order valence-electron chi connectivity index (χ0n) is 15.8. The Bertz CT molecular complexity index is 1060. The number of rotatable bonds is 6. The topological polar surface area (TPSA) is 66.5 Å². The Hall–Kier alpha value is -3.12. The number of carbonyl (C=O) groups excluding carboxylic acids is 1. The van der Waals surface area contributed by atoms with Crippen LogP contribution in [0.15, 0.2) is 83.8 Å². The van der Waals surface area contributed by atoms with Gasteiger partial charge in [0.1, 0.15) is 0 Å². The minimum Gasteiger partial charge on any atom is -0.326 e. The fourth-order valence-corrected chi connectivity index (χ4v) is 4.56. The maximum atomic E-state index is 13.3. The van der Waals surface area contributed by atoms with Crippen LogP contribution >= 0.6 is 0 Å². The standard InChI is InChI=1S/C22H22N2O3S/c1-3-24(22-12-8-7-11-21(22)18-9-5-4-6-10-18)28(26,27)20-15-13-19(14-16-20)23-17(2)25/h4-16H,3H2,1-2H3,(H,23,25). The van der Waals surface area contributed by atoms with Gasteiger partial charge < -0.3 is 5.32 Å². The second kappa shape index (κ2) is 8.27. The second-order valence-corrected chi connectivity index (χ2v) is 8.12. The molecule has 28 heavy (non-hydrogen) atoms. The average molecular weight is 394 g/mol. The van der Waals surface area contributed by atoms with Gasteiger partial charge in [-0.3, -0.25) is 9.10 Å². The smallest absolute Gasteiger partial charge is 0.264 e. The van der Waals surface area contributed by atoms with Crippen molar-refractivity contribution in [3.63, 3.8) is 0 Å². The maximum Gasteiger partial charge on any atom is 0.264 e. The van der Waals surface area contributed by atoms with E-state index >= 15 is 0 Å².